The highest BCUT2D eigenvalue weighted by molar-refractivity contribution is 5.35. The summed E-state index contributed by atoms with van der Waals surface area (Å²) >= 11 is 0. The molecule has 72 valence electrons. The van der Waals surface area contributed by atoms with Crippen LogP contribution in [0.3, 0.4) is 0 Å². The van der Waals surface area contributed by atoms with Crippen molar-refractivity contribution in [3.05, 3.63) is 18.1 Å². The normalized spacial score (nSPS) is 12.5. The quantitative estimate of drug-likeness (QED) is 0.771. The molecule has 0 saturated heterocycles. The third-order valence-corrected chi connectivity index (χ3v) is 1.92. The molecule has 1 aromatic rings. The van der Waals surface area contributed by atoms with Gasteiger partial charge in [-0.3, -0.25) is 0 Å². The molecule has 3 nitrogen and oxygen atoms in total. The third kappa shape index (κ3) is 3.40. The van der Waals surface area contributed by atoms with E-state index in [4.69, 9.17) is 0 Å². The summed E-state index contributed by atoms with van der Waals surface area (Å²) in [6, 6.07) is 2.45. The summed E-state index contributed by atoms with van der Waals surface area (Å²) in [4.78, 5) is 8.18. The summed E-state index contributed by atoms with van der Waals surface area (Å²) in [5.41, 5.74) is 1.00. The van der Waals surface area contributed by atoms with Gasteiger partial charge in [-0.2, -0.15) is 0 Å². The number of rotatable bonds is 4. The molecule has 0 bridgehead atoms. The second-order valence-electron chi connectivity index (χ2n) is 3.38. The van der Waals surface area contributed by atoms with Gasteiger partial charge >= 0.3 is 0 Å². The van der Waals surface area contributed by atoms with Crippen LogP contribution in [0.2, 0.25) is 0 Å². The maximum atomic E-state index is 4.14. The monoisotopic (exact) mass is 179 g/mol. The number of aryl methyl sites for hydroxylation is 1. The highest BCUT2D eigenvalue weighted by Crippen LogP contribution is 2.07. The van der Waals surface area contributed by atoms with Crippen LogP contribution in [0.4, 0.5) is 5.82 Å². The third-order valence-electron chi connectivity index (χ3n) is 1.92. The Morgan fingerprint density at radius 2 is 2.23 bits per heavy atom. The molecule has 13 heavy (non-hydrogen) atoms. The Balaban J connectivity index is 2.53. The van der Waals surface area contributed by atoms with E-state index in [1.54, 1.807) is 6.33 Å². The maximum Gasteiger partial charge on any atom is 0.129 e. The van der Waals surface area contributed by atoms with Crippen LogP contribution in [0.5, 0.6) is 0 Å². The smallest absolute Gasteiger partial charge is 0.129 e. The van der Waals surface area contributed by atoms with Gasteiger partial charge in [0, 0.05) is 17.8 Å². The summed E-state index contributed by atoms with van der Waals surface area (Å²) in [5.74, 6) is 0.924. The van der Waals surface area contributed by atoms with E-state index in [2.05, 4.69) is 29.1 Å². The molecule has 0 saturated carbocycles. The maximum absolute atomic E-state index is 4.14. The fraction of sp³-hybridized carbons (Fsp3) is 0.600. The van der Waals surface area contributed by atoms with E-state index in [-0.39, 0.29) is 0 Å². The highest BCUT2D eigenvalue weighted by Gasteiger charge is 2.00. The van der Waals surface area contributed by atoms with Crippen molar-refractivity contribution in [2.75, 3.05) is 5.32 Å². The van der Waals surface area contributed by atoms with Crippen LogP contribution in [0, 0.1) is 6.92 Å². The van der Waals surface area contributed by atoms with Crippen LogP contribution in [-0.4, -0.2) is 16.0 Å². The minimum Gasteiger partial charge on any atom is -0.368 e. The van der Waals surface area contributed by atoms with E-state index >= 15 is 0 Å². The first-order chi connectivity index (χ1) is 6.22. The number of nitrogens with zero attached hydrogens (tertiary/aromatic N) is 2. The van der Waals surface area contributed by atoms with Gasteiger partial charge in [0.05, 0.1) is 0 Å². The molecule has 0 radical (unpaired) electrons. The zero-order chi connectivity index (χ0) is 9.68. The topological polar surface area (TPSA) is 37.8 Å². The van der Waals surface area contributed by atoms with E-state index in [0.717, 1.165) is 11.5 Å². The van der Waals surface area contributed by atoms with E-state index in [1.807, 2.05) is 13.0 Å². The zero-order valence-electron chi connectivity index (χ0n) is 8.54. The molecule has 1 unspecified atom stereocenters. The van der Waals surface area contributed by atoms with Gasteiger partial charge in [-0.1, -0.05) is 13.3 Å². The van der Waals surface area contributed by atoms with Crippen molar-refractivity contribution in [3.8, 4) is 0 Å². The Bertz CT molecular complexity index is 260. The Morgan fingerprint density at radius 1 is 1.46 bits per heavy atom. The first-order valence-electron chi connectivity index (χ1n) is 4.77. The molecule has 0 fully saturated rings. The van der Waals surface area contributed by atoms with Crippen molar-refractivity contribution in [2.45, 2.75) is 39.7 Å². The van der Waals surface area contributed by atoms with Crippen molar-refractivity contribution in [1.82, 2.24) is 9.97 Å². The fourth-order valence-corrected chi connectivity index (χ4v) is 1.29. The van der Waals surface area contributed by atoms with E-state index in [1.165, 1.54) is 12.8 Å². The van der Waals surface area contributed by atoms with Crippen LogP contribution in [0.25, 0.3) is 0 Å². The molecule has 0 amide bonds. The van der Waals surface area contributed by atoms with Gasteiger partial charge in [0.1, 0.15) is 12.1 Å². The van der Waals surface area contributed by atoms with Gasteiger partial charge in [-0.05, 0) is 20.3 Å². The molecule has 1 rings (SSSR count). The van der Waals surface area contributed by atoms with Gasteiger partial charge in [0.25, 0.3) is 0 Å². The summed E-state index contributed by atoms with van der Waals surface area (Å²) in [6.07, 6.45) is 3.96. The first-order valence-corrected chi connectivity index (χ1v) is 4.77. The van der Waals surface area contributed by atoms with Gasteiger partial charge in [0.2, 0.25) is 0 Å². The van der Waals surface area contributed by atoms with Gasteiger partial charge < -0.3 is 5.32 Å². The lowest BCUT2D eigenvalue weighted by molar-refractivity contribution is 0.687. The van der Waals surface area contributed by atoms with Crippen molar-refractivity contribution < 1.29 is 0 Å². The van der Waals surface area contributed by atoms with Gasteiger partial charge in [-0.25, -0.2) is 9.97 Å². The minimum atomic E-state index is 0.485. The molecule has 1 aromatic heterocycles. The minimum absolute atomic E-state index is 0.485. The molecule has 1 atom stereocenters. The Kier molecular flexibility index (Phi) is 3.68. The first kappa shape index (κ1) is 9.96. The van der Waals surface area contributed by atoms with E-state index in [0.29, 0.717) is 6.04 Å². The second kappa shape index (κ2) is 4.80. The number of aromatic nitrogens is 2. The molecular weight excluding hydrogens is 162 g/mol. The largest absolute Gasteiger partial charge is 0.368 e. The van der Waals surface area contributed by atoms with Crippen molar-refractivity contribution in [2.24, 2.45) is 0 Å². The summed E-state index contributed by atoms with van der Waals surface area (Å²) in [5, 5.41) is 3.33. The van der Waals surface area contributed by atoms with Crippen LogP contribution in [0.15, 0.2) is 12.4 Å². The Morgan fingerprint density at radius 3 is 2.85 bits per heavy atom. The highest BCUT2D eigenvalue weighted by atomic mass is 15.0. The molecule has 0 aliphatic rings. The van der Waals surface area contributed by atoms with Gasteiger partial charge in [-0.15, -0.1) is 0 Å². The molecule has 1 heterocycles. The molecular formula is C10H17N3. The average Bonchev–Trinajstić information content (AvgIpc) is 2.04. The molecule has 1 N–H and O–H groups in total. The molecule has 3 heteroatoms. The Labute approximate surface area is 79.6 Å². The lowest BCUT2D eigenvalue weighted by Gasteiger charge is -2.12. The number of nitrogens with one attached hydrogen (secondary N) is 1. The standard InChI is InChI=1S/C10H17N3/c1-4-5-8(2)13-10-6-9(3)11-7-12-10/h6-8H,4-5H2,1-3H3,(H,11,12,13). The second-order valence-corrected chi connectivity index (χ2v) is 3.38. The van der Waals surface area contributed by atoms with Crippen LogP contribution < -0.4 is 5.32 Å². The summed E-state index contributed by atoms with van der Waals surface area (Å²) in [7, 11) is 0. The molecule has 0 aliphatic heterocycles. The average molecular weight is 179 g/mol. The van der Waals surface area contributed by atoms with E-state index in [9.17, 15) is 0 Å². The SMILES string of the molecule is CCCC(C)Nc1cc(C)ncn1. The van der Waals surface area contributed by atoms with Gasteiger partial charge in [0.15, 0.2) is 0 Å². The Hall–Kier alpha value is -1.12. The molecule has 0 spiro atoms. The number of anilines is 1. The van der Waals surface area contributed by atoms with E-state index < -0.39 is 0 Å². The molecule has 0 aliphatic carbocycles. The van der Waals surface area contributed by atoms with Crippen molar-refractivity contribution >= 4 is 5.82 Å². The number of hydrogen-bond donors (Lipinski definition) is 1. The lowest BCUT2D eigenvalue weighted by Crippen LogP contribution is -2.15. The molecule has 0 aromatic carbocycles. The fourth-order valence-electron chi connectivity index (χ4n) is 1.29. The summed E-state index contributed by atoms with van der Waals surface area (Å²) in [6.45, 7) is 6.32. The summed E-state index contributed by atoms with van der Waals surface area (Å²) < 4.78 is 0. The predicted octanol–water partition coefficient (Wildman–Crippen LogP) is 2.39. The zero-order valence-corrected chi connectivity index (χ0v) is 8.54. The van der Waals surface area contributed by atoms with Crippen molar-refractivity contribution in [3.63, 3.8) is 0 Å². The predicted molar refractivity (Wildman–Crippen MR) is 54.8 cm³/mol. The van der Waals surface area contributed by atoms with Crippen LogP contribution >= 0.6 is 0 Å². The van der Waals surface area contributed by atoms with Crippen molar-refractivity contribution in [1.29, 1.82) is 0 Å². The lowest BCUT2D eigenvalue weighted by atomic mass is 10.2. The van der Waals surface area contributed by atoms with Crippen LogP contribution in [-0.2, 0) is 0 Å². The number of hydrogen-bond acceptors (Lipinski definition) is 3. The van der Waals surface area contributed by atoms with Crippen LogP contribution in [0.1, 0.15) is 32.4 Å².